The molecule has 1 aromatic carbocycles. The van der Waals surface area contributed by atoms with E-state index in [9.17, 15) is 9.59 Å². The normalized spacial score (nSPS) is 11.9. The lowest BCUT2D eigenvalue weighted by atomic mass is 9.98. The molecule has 0 aliphatic carbocycles. The molecule has 0 aromatic heterocycles. The van der Waals surface area contributed by atoms with Crippen LogP contribution in [0.4, 0.5) is 0 Å². The number of carbonyl (C=O) groups excluding carboxylic acids is 2. The number of nitrogens with two attached hydrogens (primary N) is 1. The van der Waals surface area contributed by atoms with E-state index in [2.05, 4.69) is 17.4 Å². The van der Waals surface area contributed by atoms with Crippen LogP contribution in [0.15, 0.2) is 29.2 Å². The fourth-order valence-corrected chi connectivity index (χ4v) is 1.54. The molecule has 0 aliphatic rings. The molecule has 0 radical (unpaired) electrons. The third-order valence-electron chi connectivity index (χ3n) is 1.97. The fourth-order valence-electron chi connectivity index (χ4n) is 1.25. The zero-order valence-electron chi connectivity index (χ0n) is 8.14. The minimum Gasteiger partial charge on any atom is -0.468 e. The molecule has 80 valence electrons. The molecule has 15 heavy (non-hydrogen) atoms. The Hall–Kier alpha value is -1.49. The number of hydrogen-bond donors (Lipinski definition) is 2. The smallest absolute Gasteiger partial charge is 0.322 e. The number of methoxy groups -OCH3 is 1. The van der Waals surface area contributed by atoms with Gasteiger partial charge in [-0.2, -0.15) is 0 Å². The summed E-state index contributed by atoms with van der Waals surface area (Å²) in [6.45, 7) is 0. The average Bonchev–Trinajstić information content (AvgIpc) is 2.20. The Labute approximate surface area is 92.8 Å². The van der Waals surface area contributed by atoms with Crippen LogP contribution in [-0.2, 0) is 14.3 Å². The summed E-state index contributed by atoms with van der Waals surface area (Å²) in [7, 11) is 1.21. The molecule has 0 spiro atoms. The van der Waals surface area contributed by atoms with Crippen molar-refractivity contribution in [2.75, 3.05) is 7.11 Å². The van der Waals surface area contributed by atoms with E-state index in [0.29, 0.717) is 10.5 Å². The summed E-state index contributed by atoms with van der Waals surface area (Å²) in [5.41, 5.74) is 5.60. The first-order valence-corrected chi connectivity index (χ1v) is 4.67. The second-order valence-corrected chi connectivity index (χ2v) is 3.40. The number of carbonyl (C=O) groups is 2. The number of benzene rings is 1. The Kier molecular flexibility index (Phi) is 3.74. The first-order chi connectivity index (χ1) is 7.07. The molecule has 2 N–H and O–H groups in total. The lowest BCUT2D eigenvalue weighted by Crippen LogP contribution is -2.29. The van der Waals surface area contributed by atoms with Gasteiger partial charge in [0.2, 0.25) is 5.91 Å². The minimum absolute atomic E-state index is 0.459. The molecule has 5 heteroatoms. The van der Waals surface area contributed by atoms with Gasteiger partial charge < -0.3 is 10.5 Å². The second kappa shape index (κ2) is 4.84. The number of esters is 1. The molecule has 1 aromatic rings. The maximum atomic E-state index is 11.3. The predicted molar refractivity (Wildman–Crippen MR) is 57.6 cm³/mol. The zero-order chi connectivity index (χ0) is 11.4. The van der Waals surface area contributed by atoms with Crippen molar-refractivity contribution < 1.29 is 14.3 Å². The Morgan fingerprint density at radius 2 is 2.00 bits per heavy atom. The van der Waals surface area contributed by atoms with Crippen LogP contribution in [0.1, 0.15) is 11.5 Å². The van der Waals surface area contributed by atoms with Crippen molar-refractivity contribution >= 4 is 24.5 Å². The first-order valence-electron chi connectivity index (χ1n) is 4.23. The number of ether oxygens (including phenoxy) is 1. The van der Waals surface area contributed by atoms with Crippen LogP contribution in [0, 0.1) is 0 Å². The van der Waals surface area contributed by atoms with E-state index >= 15 is 0 Å². The topological polar surface area (TPSA) is 69.4 Å². The van der Waals surface area contributed by atoms with Crippen molar-refractivity contribution in [2.45, 2.75) is 10.8 Å². The highest BCUT2D eigenvalue weighted by Gasteiger charge is 2.28. The summed E-state index contributed by atoms with van der Waals surface area (Å²) in [5.74, 6) is -2.52. The second-order valence-electron chi connectivity index (χ2n) is 2.92. The monoisotopic (exact) mass is 225 g/mol. The molecule has 1 rings (SSSR count). The highest BCUT2D eigenvalue weighted by molar-refractivity contribution is 7.80. The van der Waals surface area contributed by atoms with Gasteiger partial charge in [0, 0.05) is 4.90 Å². The molecule has 4 nitrogen and oxygen atoms in total. The molecule has 1 amide bonds. The van der Waals surface area contributed by atoms with Crippen LogP contribution in [-0.4, -0.2) is 19.0 Å². The third kappa shape index (κ3) is 2.50. The van der Waals surface area contributed by atoms with E-state index in [4.69, 9.17) is 5.73 Å². The lowest BCUT2D eigenvalue weighted by Gasteiger charge is -2.12. The minimum atomic E-state index is -1.09. The van der Waals surface area contributed by atoms with Crippen molar-refractivity contribution in [1.82, 2.24) is 0 Å². The summed E-state index contributed by atoms with van der Waals surface area (Å²) in [6, 6.07) is 6.75. The number of rotatable bonds is 3. The molecular weight excluding hydrogens is 214 g/mol. The fraction of sp³-hybridized carbons (Fsp3) is 0.200. The highest BCUT2D eigenvalue weighted by Crippen LogP contribution is 2.23. The van der Waals surface area contributed by atoms with Crippen LogP contribution in [0.2, 0.25) is 0 Å². The van der Waals surface area contributed by atoms with E-state index in [1.807, 2.05) is 0 Å². The molecule has 0 heterocycles. The molecule has 0 saturated heterocycles. The van der Waals surface area contributed by atoms with Gasteiger partial charge in [-0.1, -0.05) is 18.2 Å². The quantitative estimate of drug-likeness (QED) is 0.452. The van der Waals surface area contributed by atoms with Gasteiger partial charge in [0.15, 0.2) is 5.92 Å². The first kappa shape index (κ1) is 11.6. The summed E-state index contributed by atoms with van der Waals surface area (Å²) in [4.78, 5) is 23.0. The number of hydrogen-bond acceptors (Lipinski definition) is 4. The SMILES string of the molecule is COC(=O)C(C(N)=O)c1ccccc1S. The Bertz CT molecular complexity index is 392. The van der Waals surface area contributed by atoms with Gasteiger partial charge in [-0.3, -0.25) is 9.59 Å². The van der Waals surface area contributed by atoms with Gasteiger partial charge in [-0.15, -0.1) is 12.6 Å². The maximum absolute atomic E-state index is 11.3. The van der Waals surface area contributed by atoms with Crippen molar-refractivity contribution in [3.05, 3.63) is 29.8 Å². The van der Waals surface area contributed by atoms with Crippen LogP contribution >= 0.6 is 12.6 Å². The Morgan fingerprint density at radius 1 is 1.40 bits per heavy atom. The van der Waals surface area contributed by atoms with E-state index < -0.39 is 17.8 Å². The zero-order valence-corrected chi connectivity index (χ0v) is 9.03. The predicted octanol–water partition coefficient (Wildman–Crippen LogP) is 0.717. The summed E-state index contributed by atoms with van der Waals surface area (Å²) in [6.07, 6.45) is 0. The summed E-state index contributed by atoms with van der Waals surface area (Å²) < 4.78 is 4.51. The molecule has 1 unspecified atom stereocenters. The number of amides is 1. The van der Waals surface area contributed by atoms with Crippen molar-refractivity contribution in [3.8, 4) is 0 Å². The average molecular weight is 225 g/mol. The van der Waals surface area contributed by atoms with Crippen molar-refractivity contribution in [3.63, 3.8) is 0 Å². The lowest BCUT2D eigenvalue weighted by molar-refractivity contribution is -0.145. The van der Waals surface area contributed by atoms with Crippen molar-refractivity contribution in [1.29, 1.82) is 0 Å². The maximum Gasteiger partial charge on any atom is 0.322 e. The summed E-state index contributed by atoms with van der Waals surface area (Å²) >= 11 is 4.15. The Balaban J connectivity index is 3.16. The standard InChI is InChI=1S/C10H11NO3S/c1-14-10(13)8(9(11)12)6-4-2-3-5-7(6)15/h2-5,8,15H,1H3,(H2,11,12). The van der Waals surface area contributed by atoms with Gasteiger partial charge in [-0.05, 0) is 11.6 Å². The van der Waals surface area contributed by atoms with Gasteiger partial charge in [0.25, 0.3) is 0 Å². The van der Waals surface area contributed by atoms with E-state index in [1.165, 1.54) is 7.11 Å². The summed E-state index contributed by atoms with van der Waals surface area (Å²) in [5, 5.41) is 0. The molecule has 0 fully saturated rings. The molecule has 0 bridgehead atoms. The molecule has 1 atom stereocenters. The van der Waals surface area contributed by atoms with Gasteiger partial charge >= 0.3 is 5.97 Å². The van der Waals surface area contributed by atoms with Crippen molar-refractivity contribution in [2.24, 2.45) is 5.73 Å². The third-order valence-corrected chi connectivity index (χ3v) is 2.38. The van der Waals surface area contributed by atoms with Gasteiger partial charge in [0.05, 0.1) is 7.11 Å². The van der Waals surface area contributed by atoms with E-state index in [1.54, 1.807) is 24.3 Å². The molecular formula is C10H11NO3S. The van der Waals surface area contributed by atoms with Crippen LogP contribution < -0.4 is 5.73 Å². The van der Waals surface area contributed by atoms with Gasteiger partial charge in [0.1, 0.15) is 0 Å². The van der Waals surface area contributed by atoms with Crippen LogP contribution in [0.3, 0.4) is 0 Å². The Morgan fingerprint density at radius 3 is 2.47 bits per heavy atom. The van der Waals surface area contributed by atoms with Gasteiger partial charge in [-0.25, -0.2) is 0 Å². The highest BCUT2D eigenvalue weighted by atomic mass is 32.1. The number of primary amides is 1. The van der Waals surface area contributed by atoms with Crippen LogP contribution in [0.5, 0.6) is 0 Å². The van der Waals surface area contributed by atoms with E-state index in [-0.39, 0.29) is 0 Å². The van der Waals surface area contributed by atoms with E-state index in [0.717, 1.165) is 0 Å². The number of thiol groups is 1. The molecule has 0 aliphatic heterocycles. The van der Waals surface area contributed by atoms with Crippen LogP contribution in [0.25, 0.3) is 0 Å². The molecule has 0 saturated carbocycles. The largest absolute Gasteiger partial charge is 0.468 e.